The minimum absolute atomic E-state index is 0.199. The molecule has 1 aliphatic rings. The number of primary amides is 1. The van der Waals surface area contributed by atoms with Crippen molar-refractivity contribution < 1.29 is 9.53 Å². The van der Waals surface area contributed by atoms with Crippen LogP contribution in [0, 0.1) is 19.3 Å². The quantitative estimate of drug-likeness (QED) is 0.744. The number of hydrogen-bond acceptors (Lipinski definition) is 4. The van der Waals surface area contributed by atoms with Crippen molar-refractivity contribution in [2.45, 2.75) is 58.9 Å². The summed E-state index contributed by atoms with van der Waals surface area (Å²) in [6.45, 7) is 6.59. The van der Waals surface area contributed by atoms with Crippen LogP contribution in [0.2, 0.25) is 0 Å². The van der Waals surface area contributed by atoms with E-state index in [-0.39, 0.29) is 5.91 Å². The highest BCUT2D eigenvalue weighted by Gasteiger charge is 2.40. The summed E-state index contributed by atoms with van der Waals surface area (Å²) in [7, 11) is 1.98. The minimum atomic E-state index is -0.512. The molecule has 3 rings (SSSR count). The van der Waals surface area contributed by atoms with Crippen LogP contribution < -0.4 is 15.8 Å². The Morgan fingerprint density at radius 1 is 1.17 bits per heavy atom. The van der Waals surface area contributed by atoms with E-state index >= 15 is 0 Å². The van der Waals surface area contributed by atoms with Gasteiger partial charge in [-0.05, 0) is 101 Å². The summed E-state index contributed by atoms with van der Waals surface area (Å²) in [5.74, 6) is 0.644. The van der Waals surface area contributed by atoms with E-state index in [0.29, 0.717) is 19.1 Å². The third kappa shape index (κ3) is 4.78. The van der Waals surface area contributed by atoms with Crippen molar-refractivity contribution in [3.05, 3.63) is 47.3 Å². The zero-order valence-corrected chi connectivity index (χ0v) is 18.0. The molecule has 29 heavy (non-hydrogen) atoms. The van der Waals surface area contributed by atoms with Crippen molar-refractivity contribution in [1.29, 1.82) is 0 Å². The number of nitrogens with two attached hydrogens (primary N) is 1. The van der Waals surface area contributed by atoms with Gasteiger partial charge in [-0.3, -0.25) is 9.78 Å². The van der Waals surface area contributed by atoms with Crippen LogP contribution in [0.5, 0.6) is 5.75 Å². The second-order valence-corrected chi connectivity index (χ2v) is 8.28. The Balaban J connectivity index is 1.98. The van der Waals surface area contributed by atoms with E-state index < -0.39 is 5.41 Å². The van der Waals surface area contributed by atoms with E-state index in [9.17, 15) is 4.79 Å². The zero-order chi connectivity index (χ0) is 21.0. The van der Waals surface area contributed by atoms with Gasteiger partial charge < -0.3 is 15.8 Å². The van der Waals surface area contributed by atoms with Crippen LogP contribution in [-0.4, -0.2) is 30.6 Å². The number of carbonyl (C=O) groups is 1. The Hall–Kier alpha value is -2.40. The smallest absolute Gasteiger partial charge is 0.223 e. The number of hydrogen-bond donors (Lipinski definition) is 2. The molecule has 1 aromatic heterocycles. The molecule has 5 nitrogen and oxygen atoms in total. The average molecular weight is 396 g/mol. The van der Waals surface area contributed by atoms with Gasteiger partial charge in [0.05, 0.1) is 12.0 Å². The van der Waals surface area contributed by atoms with Gasteiger partial charge in [0.25, 0.3) is 0 Å². The van der Waals surface area contributed by atoms with Crippen LogP contribution in [0.15, 0.2) is 30.3 Å². The molecule has 0 radical (unpaired) electrons. The molecule has 0 saturated heterocycles. The lowest BCUT2D eigenvalue weighted by atomic mass is 9.68. The molecule has 1 saturated carbocycles. The molecule has 3 N–H and O–H groups in total. The van der Waals surface area contributed by atoms with Crippen LogP contribution in [0.1, 0.15) is 49.6 Å². The fraction of sp³-hybridized carbons (Fsp3) is 0.500. The van der Waals surface area contributed by atoms with Gasteiger partial charge in [-0.2, -0.15) is 0 Å². The molecular weight excluding hydrogens is 362 g/mol. The SMILES string of the molecule is CCOc1ccc(-c2cc(C)nc(C)c2)cc1CC1(C(N)=O)CCC(NC)CC1. The monoisotopic (exact) mass is 395 g/mol. The molecule has 1 fully saturated rings. The molecule has 0 unspecified atom stereocenters. The Morgan fingerprint density at radius 2 is 1.83 bits per heavy atom. The van der Waals surface area contributed by atoms with Gasteiger partial charge in [0, 0.05) is 17.4 Å². The van der Waals surface area contributed by atoms with Gasteiger partial charge in [-0.25, -0.2) is 0 Å². The first kappa shape index (κ1) is 21.3. The number of amides is 1. The molecular formula is C24H33N3O2. The first-order valence-electron chi connectivity index (χ1n) is 10.6. The summed E-state index contributed by atoms with van der Waals surface area (Å²) in [6, 6.07) is 10.9. The van der Waals surface area contributed by atoms with Crippen molar-refractivity contribution >= 4 is 5.91 Å². The number of pyridine rings is 1. The highest BCUT2D eigenvalue weighted by Crippen LogP contribution is 2.41. The molecule has 1 aromatic carbocycles. The highest BCUT2D eigenvalue weighted by molar-refractivity contribution is 5.81. The lowest BCUT2D eigenvalue weighted by molar-refractivity contribution is -0.129. The fourth-order valence-electron chi connectivity index (χ4n) is 4.53. The predicted molar refractivity (Wildman–Crippen MR) is 117 cm³/mol. The van der Waals surface area contributed by atoms with E-state index in [1.54, 1.807) is 0 Å². The summed E-state index contributed by atoms with van der Waals surface area (Å²) < 4.78 is 5.91. The lowest BCUT2D eigenvalue weighted by Crippen LogP contribution is -2.45. The molecule has 1 heterocycles. The third-order valence-electron chi connectivity index (χ3n) is 6.18. The Morgan fingerprint density at radius 3 is 2.38 bits per heavy atom. The van der Waals surface area contributed by atoms with E-state index in [1.165, 1.54) is 0 Å². The van der Waals surface area contributed by atoms with Crippen LogP contribution in [0.4, 0.5) is 0 Å². The standard InChI is InChI=1S/C24H33N3O2/c1-5-29-22-7-6-18(19-12-16(2)27-17(3)13-19)14-20(22)15-24(23(25)28)10-8-21(26-4)9-11-24/h6-7,12-14,21,26H,5,8-11,15H2,1-4H3,(H2,25,28). The number of carbonyl (C=O) groups excluding carboxylic acids is 1. The second-order valence-electron chi connectivity index (χ2n) is 8.28. The Labute approximate surface area is 174 Å². The molecule has 0 spiro atoms. The van der Waals surface area contributed by atoms with Gasteiger partial charge >= 0.3 is 0 Å². The number of nitrogens with one attached hydrogen (secondary N) is 1. The Kier molecular flexibility index (Phi) is 6.58. The average Bonchev–Trinajstić information content (AvgIpc) is 2.69. The van der Waals surface area contributed by atoms with Crippen LogP contribution in [0.25, 0.3) is 11.1 Å². The molecule has 2 aromatic rings. The second kappa shape index (κ2) is 8.95. The summed E-state index contributed by atoms with van der Waals surface area (Å²) >= 11 is 0. The number of nitrogens with zero attached hydrogens (tertiary/aromatic N) is 1. The van der Waals surface area contributed by atoms with E-state index in [2.05, 4.69) is 34.6 Å². The maximum atomic E-state index is 12.5. The van der Waals surface area contributed by atoms with E-state index in [4.69, 9.17) is 10.5 Å². The first-order chi connectivity index (χ1) is 13.9. The molecule has 1 amide bonds. The summed E-state index contributed by atoms with van der Waals surface area (Å²) in [4.78, 5) is 17.0. The normalized spacial score (nSPS) is 21.7. The molecule has 1 aliphatic carbocycles. The largest absolute Gasteiger partial charge is 0.494 e. The summed E-state index contributed by atoms with van der Waals surface area (Å²) in [5.41, 5.74) is 10.7. The minimum Gasteiger partial charge on any atom is -0.494 e. The van der Waals surface area contributed by atoms with Gasteiger partial charge in [0.1, 0.15) is 5.75 Å². The van der Waals surface area contributed by atoms with Gasteiger partial charge in [-0.1, -0.05) is 6.07 Å². The maximum Gasteiger partial charge on any atom is 0.223 e. The maximum absolute atomic E-state index is 12.5. The third-order valence-corrected chi connectivity index (χ3v) is 6.18. The van der Waals surface area contributed by atoms with E-state index in [1.807, 2.05) is 33.9 Å². The fourth-order valence-corrected chi connectivity index (χ4v) is 4.53. The molecule has 156 valence electrons. The van der Waals surface area contributed by atoms with Crippen molar-refractivity contribution in [2.24, 2.45) is 11.1 Å². The van der Waals surface area contributed by atoms with Gasteiger partial charge in [0.15, 0.2) is 0 Å². The number of aromatic nitrogens is 1. The highest BCUT2D eigenvalue weighted by atomic mass is 16.5. The lowest BCUT2D eigenvalue weighted by Gasteiger charge is -2.38. The van der Waals surface area contributed by atoms with Crippen LogP contribution >= 0.6 is 0 Å². The van der Waals surface area contributed by atoms with Gasteiger partial charge in [0.2, 0.25) is 5.91 Å². The van der Waals surface area contributed by atoms with Crippen molar-refractivity contribution in [3.8, 4) is 16.9 Å². The summed E-state index contributed by atoms with van der Waals surface area (Å²) in [6.07, 6.45) is 4.15. The predicted octanol–water partition coefficient (Wildman–Crippen LogP) is 3.94. The van der Waals surface area contributed by atoms with Gasteiger partial charge in [-0.15, -0.1) is 0 Å². The number of rotatable bonds is 7. The molecule has 5 heteroatoms. The molecule has 0 aliphatic heterocycles. The topological polar surface area (TPSA) is 77.2 Å². The van der Waals surface area contributed by atoms with Crippen LogP contribution in [0.3, 0.4) is 0 Å². The number of aryl methyl sites for hydroxylation is 2. The molecule has 0 atom stereocenters. The van der Waals surface area contributed by atoms with Crippen molar-refractivity contribution in [1.82, 2.24) is 10.3 Å². The number of ether oxygens (including phenoxy) is 1. The van der Waals surface area contributed by atoms with Crippen LogP contribution in [-0.2, 0) is 11.2 Å². The van der Waals surface area contributed by atoms with Crippen molar-refractivity contribution in [3.63, 3.8) is 0 Å². The summed E-state index contributed by atoms with van der Waals surface area (Å²) in [5, 5.41) is 3.33. The van der Waals surface area contributed by atoms with E-state index in [0.717, 1.165) is 59.5 Å². The van der Waals surface area contributed by atoms with Crippen molar-refractivity contribution in [2.75, 3.05) is 13.7 Å². The molecule has 0 bridgehead atoms. The zero-order valence-electron chi connectivity index (χ0n) is 18.0. The first-order valence-corrected chi connectivity index (χ1v) is 10.6. The Bertz CT molecular complexity index is 850. The number of benzene rings is 1.